The van der Waals surface area contributed by atoms with Crippen LogP contribution in [-0.4, -0.2) is 54.9 Å². The number of pyridine rings is 1. The van der Waals surface area contributed by atoms with E-state index in [0.717, 1.165) is 18.4 Å². The zero-order valence-corrected chi connectivity index (χ0v) is 13.5. The lowest BCUT2D eigenvalue weighted by atomic mass is 10.2. The summed E-state index contributed by atoms with van der Waals surface area (Å²) >= 11 is 0. The molecule has 0 spiro atoms. The fraction of sp³-hybridized carbons (Fsp3) is 0.667. The molecule has 3 rings (SSSR count). The Hall–Kier alpha value is -1.02. The first-order valence-electron chi connectivity index (χ1n) is 7.73. The predicted octanol–water partition coefficient (Wildman–Crippen LogP) is 1.18. The molecule has 0 unspecified atom stereocenters. The van der Waals surface area contributed by atoms with Crippen molar-refractivity contribution < 1.29 is 17.9 Å². The number of nitrogens with zero attached hydrogens (tertiary/aromatic N) is 2. The van der Waals surface area contributed by atoms with Gasteiger partial charge in [0.25, 0.3) is 0 Å². The molecule has 1 saturated heterocycles. The molecule has 1 aromatic heterocycles. The smallest absolute Gasteiger partial charge is 0.214 e. The van der Waals surface area contributed by atoms with Crippen LogP contribution in [0, 0.1) is 0 Å². The Morgan fingerprint density at radius 1 is 1.45 bits per heavy atom. The second-order valence-corrected chi connectivity index (χ2v) is 7.91. The van der Waals surface area contributed by atoms with Gasteiger partial charge in [0.05, 0.1) is 31.1 Å². The topological polar surface area (TPSA) is 68.7 Å². The number of ether oxygens (including phenoxy) is 2. The molecule has 1 saturated carbocycles. The number of aromatic nitrogens is 1. The van der Waals surface area contributed by atoms with Crippen LogP contribution in [0.15, 0.2) is 24.5 Å². The monoisotopic (exact) mass is 326 g/mol. The van der Waals surface area contributed by atoms with Gasteiger partial charge in [0.1, 0.15) is 6.10 Å². The molecule has 1 aliphatic carbocycles. The molecule has 1 aromatic rings. The average Bonchev–Trinajstić information content (AvgIpc) is 2.81. The van der Waals surface area contributed by atoms with Gasteiger partial charge in [-0.3, -0.25) is 4.98 Å². The van der Waals surface area contributed by atoms with E-state index in [0.29, 0.717) is 19.8 Å². The third-order valence-electron chi connectivity index (χ3n) is 4.39. The standard InChI is InChI=1S/C15H22N2O4S/c1-2-22(18,19)17-8-9-20-14-6-5-13(17)15(14)21-11-12-4-3-7-16-10-12/h3-4,7,10,13-15H,2,5-6,8-9,11H2,1H3/t13-,14-,15-/m0/s1. The molecule has 6 nitrogen and oxygen atoms in total. The molecule has 1 aliphatic heterocycles. The molecule has 0 amide bonds. The lowest BCUT2D eigenvalue weighted by Crippen LogP contribution is -2.46. The van der Waals surface area contributed by atoms with Gasteiger partial charge in [-0.2, -0.15) is 4.31 Å². The summed E-state index contributed by atoms with van der Waals surface area (Å²) in [5.74, 6) is 0.115. The lowest BCUT2D eigenvalue weighted by Gasteiger charge is -2.30. The van der Waals surface area contributed by atoms with E-state index in [1.807, 2.05) is 12.1 Å². The highest BCUT2D eigenvalue weighted by Gasteiger charge is 2.46. The van der Waals surface area contributed by atoms with Crippen molar-refractivity contribution in [3.8, 4) is 0 Å². The summed E-state index contributed by atoms with van der Waals surface area (Å²) in [4.78, 5) is 4.07. The molecule has 7 heteroatoms. The van der Waals surface area contributed by atoms with Gasteiger partial charge in [-0.1, -0.05) is 6.07 Å². The quantitative estimate of drug-likeness (QED) is 0.813. The second kappa shape index (κ2) is 6.62. The van der Waals surface area contributed by atoms with Crippen molar-refractivity contribution in [1.29, 1.82) is 0 Å². The minimum Gasteiger partial charge on any atom is -0.374 e. The van der Waals surface area contributed by atoms with Crippen LogP contribution in [0.3, 0.4) is 0 Å². The molecule has 0 radical (unpaired) electrons. The molecule has 2 fully saturated rings. The molecule has 3 atom stereocenters. The van der Waals surface area contributed by atoms with Crippen LogP contribution < -0.4 is 0 Å². The molecule has 22 heavy (non-hydrogen) atoms. The van der Waals surface area contributed by atoms with Crippen molar-refractivity contribution in [1.82, 2.24) is 9.29 Å². The third-order valence-corrected chi connectivity index (χ3v) is 6.29. The molecule has 2 aliphatic rings. The number of rotatable bonds is 5. The SMILES string of the molecule is CCS(=O)(=O)N1CCO[C@H]2CC[C@H]1[C@@H]2OCc1cccnc1. The van der Waals surface area contributed by atoms with E-state index in [1.54, 1.807) is 23.6 Å². The Morgan fingerprint density at radius 3 is 3.05 bits per heavy atom. The van der Waals surface area contributed by atoms with E-state index in [-0.39, 0.29) is 24.0 Å². The second-order valence-electron chi connectivity index (χ2n) is 5.70. The number of fused-ring (bicyclic) bond motifs is 2. The van der Waals surface area contributed by atoms with Crippen molar-refractivity contribution in [2.75, 3.05) is 18.9 Å². The summed E-state index contributed by atoms with van der Waals surface area (Å²) in [7, 11) is -3.23. The van der Waals surface area contributed by atoms with E-state index in [9.17, 15) is 8.42 Å². The van der Waals surface area contributed by atoms with Gasteiger partial charge in [-0.25, -0.2) is 8.42 Å². The zero-order valence-electron chi connectivity index (χ0n) is 12.7. The van der Waals surface area contributed by atoms with E-state index in [2.05, 4.69) is 4.98 Å². The highest BCUT2D eigenvalue weighted by atomic mass is 32.2. The van der Waals surface area contributed by atoms with Crippen molar-refractivity contribution in [2.45, 2.75) is 44.6 Å². The van der Waals surface area contributed by atoms with Gasteiger partial charge < -0.3 is 9.47 Å². The van der Waals surface area contributed by atoms with Crippen molar-refractivity contribution in [3.63, 3.8) is 0 Å². The highest BCUT2D eigenvalue weighted by molar-refractivity contribution is 7.89. The van der Waals surface area contributed by atoms with Crippen LogP contribution in [0.5, 0.6) is 0 Å². The minimum atomic E-state index is -3.23. The molecule has 0 N–H and O–H groups in total. The summed E-state index contributed by atoms with van der Waals surface area (Å²) in [6, 6.07) is 3.70. The zero-order chi connectivity index (χ0) is 15.6. The first-order valence-corrected chi connectivity index (χ1v) is 9.34. The van der Waals surface area contributed by atoms with Gasteiger partial charge in [-0.05, 0) is 31.4 Å². The van der Waals surface area contributed by atoms with Gasteiger partial charge in [-0.15, -0.1) is 0 Å². The van der Waals surface area contributed by atoms with E-state index in [1.165, 1.54) is 0 Å². The van der Waals surface area contributed by atoms with E-state index < -0.39 is 10.0 Å². The maximum Gasteiger partial charge on any atom is 0.214 e. The molecule has 0 aromatic carbocycles. The van der Waals surface area contributed by atoms with Crippen molar-refractivity contribution in [2.24, 2.45) is 0 Å². The maximum absolute atomic E-state index is 12.3. The molecular formula is C15H22N2O4S. The molecule has 2 heterocycles. The van der Waals surface area contributed by atoms with Gasteiger partial charge in [0.2, 0.25) is 10.0 Å². The Balaban J connectivity index is 1.75. The highest BCUT2D eigenvalue weighted by Crippen LogP contribution is 2.34. The Morgan fingerprint density at radius 2 is 2.32 bits per heavy atom. The average molecular weight is 326 g/mol. The molecule has 2 bridgehead atoms. The number of hydrogen-bond acceptors (Lipinski definition) is 5. The fourth-order valence-corrected chi connectivity index (χ4v) is 4.59. The first kappa shape index (κ1) is 15.9. The van der Waals surface area contributed by atoms with Gasteiger partial charge in [0, 0.05) is 18.9 Å². The predicted molar refractivity (Wildman–Crippen MR) is 81.7 cm³/mol. The van der Waals surface area contributed by atoms with E-state index >= 15 is 0 Å². The Kier molecular flexibility index (Phi) is 4.77. The van der Waals surface area contributed by atoms with Crippen molar-refractivity contribution >= 4 is 10.0 Å². The van der Waals surface area contributed by atoms with Crippen LogP contribution in [0.1, 0.15) is 25.3 Å². The van der Waals surface area contributed by atoms with Gasteiger partial charge in [0.15, 0.2) is 0 Å². The van der Waals surface area contributed by atoms with Crippen LogP contribution in [0.2, 0.25) is 0 Å². The summed E-state index contributed by atoms with van der Waals surface area (Å²) in [5, 5.41) is 0. The lowest BCUT2D eigenvalue weighted by molar-refractivity contribution is -0.0583. The van der Waals surface area contributed by atoms with E-state index in [4.69, 9.17) is 9.47 Å². The third kappa shape index (κ3) is 3.17. The van der Waals surface area contributed by atoms with Crippen LogP contribution >= 0.6 is 0 Å². The summed E-state index contributed by atoms with van der Waals surface area (Å²) in [5.41, 5.74) is 0.982. The van der Waals surface area contributed by atoms with Crippen LogP contribution in [0.25, 0.3) is 0 Å². The summed E-state index contributed by atoms with van der Waals surface area (Å²) in [6.45, 7) is 2.96. The van der Waals surface area contributed by atoms with Crippen molar-refractivity contribution in [3.05, 3.63) is 30.1 Å². The first-order chi connectivity index (χ1) is 10.6. The Labute approximate surface area is 131 Å². The molecular weight excluding hydrogens is 304 g/mol. The number of hydrogen-bond donors (Lipinski definition) is 0. The largest absolute Gasteiger partial charge is 0.374 e. The Bertz CT molecular complexity index is 593. The van der Waals surface area contributed by atoms with Crippen LogP contribution in [-0.2, 0) is 26.1 Å². The maximum atomic E-state index is 12.3. The summed E-state index contributed by atoms with van der Waals surface area (Å²) in [6.07, 6.45) is 4.90. The minimum absolute atomic E-state index is 0.0151. The summed E-state index contributed by atoms with van der Waals surface area (Å²) < 4.78 is 38.1. The fourth-order valence-electron chi connectivity index (χ4n) is 3.26. The molecule has 122 valence electrons. The van der Waals surface area contributed by atoms with Crippen LogP contribution in [0.4, 0.5) is 0 Å². The normalized spacial score (nSPS) is 29.4. The number of sulfonamides is 1. The van der Waals surface area contributed by atoms with Gasteiger partial charge >= 0.3 is 0 Å².